The van der Waals surface area contributed by atoms with Crippen LogP contribution in [0.1, 0.15) is 16.7 Å². The Morgan fingerprint density at radius 1 is 1.08 bits per heavy atom. The van der Waals surface area contributed by atoms with Crippen LogP contribution < -0.4 is 4.74 Å². The SMILES string of the molecule is COC(=O)/C(=C\N(C)C)c1cccc(OCc2ccccc2)c1C. The van der Waals surface area contributed by atoms with Crippen molar-refractivity contribution < 1.29 is 14.3 Å². The molecule has 0 saturated heterocycles. The molecule has 0 bridgehead atoms. The third-order valence-electron chi connectivity index (χ3n) is 3.60. The molecule has 0 unspecified atom stereocenters. The Morgan fingerprint density at radius 2 is 1.79 bits per heavy atom. The van der Waals surface area contributed by atoms with E-state index >= 15 is 0 Å². The fourth-order valence-electron chi connectivity index (χ4n) is 2.40. The molecule has 0 aliphatic rings. The standard InChI is InChI=1S/C20H23NO3/c1-15-17(18(13-21(2)3)20(22)23-4)11-8-12-19(15)24-14-16-9-6-5-7-10-16/h5-13H,14H2,1-4H3/b18-13-. The molecule has 0 amide bonds. The third kappa shape index (κ3) is 4.38. The van der Waals surface area contributed by atoms with E-state index in [-0.39, 0.29) is 5.97 Å². The Morgan fingerprint density at radius 3 is 2.42 bits per heavy atom. The van der Waals surface area contributed by atoms with E-state index in [1.807, 2.05) is 74.4 Å². The first kappa shape index (κ1) is 17.6. The number of carbonyl (C=O) groups excluding carboxylic acids is 1. The van der Waals surface area contributed by atoms with Crippen molar-refractivity contribution in [2.45, 2.75) is 13.5 Å². The van der Waals surface area contributed by atoms with Gasteiger partial charge in [-0.15, -0.1) is 0 Å². The van der Waals surface area contributed by atoms with Crippen LogP contribution in [0.5, 0.6) is 5.75 Å². The summed E-state index contributed by atoms with van der Waals surface area (Å²) in [5, 5.41) is 0. The van der Waals surface area contributed by atoms with Crippen molar-refractivity contribution in [2.75, 3.05) is 21.2 Å². The second-order valence-corrected chi connectivity index (χ2v) is 5.70. The molecule has 0 aromatic heterocycles. The number of hydrogen-bond acceptors (Lipinski definition) is 4. The Hall–Kier alpha value is -2.75. The molecule has 24 heavy (non-hydrogen) atoms. The maximum absolute atomic E-state index is 12.1. The number of benzene rings is 2. The van der Waals surface area contributed by atoms with Crippen molar-refractivity contribution in [2.24, 2.45) is 0 Å². The zero-order valence-corrected chi connectivity index (χ0v) is 14.6. The normalized spacial score (nSPS) is 11.1. The quantitative estimate of drug-likeness (QED) is 0.600. The zero-order valence-electron chi connectivity index (χ0n) is 14.6. The van der Waals surface area contributed by atoms with Crippen LogP contribution in [0.2, 0.25) is 0 Å². The average molecular weight is 325 g/mol. The van der Waals surface area contributed by atoms with Gasteiger partial charge in [0.25, 0.3) is 0 Å². The summed E-state index contributed by atoms with van der Waals surface area (Å²) in [7, 11) is 5.12. The predicted octanol–water partition coefficient (Wildman–Crippen LogP) is 3.65. The summed E-state index contributed by atoms with van der Waals surface area (Å²) < 4.78 is 10.9. The lowest BCUT2D eigenvalue weighted by Crippen LogP contribution is -2.11. The topological polar surface area (TPSA) is 38.8 Å². The summed E-state index contributed by atoms with van der Waals surface area (Å²) >= 11 is 0. The van der Waals surface area contributed by atoms with Crippen LogP contribution >= 0.6 is 0 Å². The second-order valence-electron chi connectivity index (χ2n) is 5.70. The summed E-state index contributed by atoms with van der Waals surface area (Å²) in [4.78, 5) is 14.0. The average Bonchev–Trinajstić information content (AvgIpc) is 2.59. The highest BCUT2D eigenvalue weighted by molar-refractivity contribution is 6.16. The van der Waals surface area contributed by atoms with Gasteiger partial charge >= 0.3 is 5.97 Å². The molecule has 0 aliphatic heterocycles. The van der Waals surface area contributed by atoms with E-state index in [2.05, 4.69) is 0 Å². The number of carbonyl (C=O) groups is 1. The molecule has 0 heterocycles. The number of nitrogens with zero attached hydrogens (tertiary/aromatic N) is 1. The highest BCUT2D eigenvalue weighted by Crippen LogP contribution is 2.28. The van der Waals surface area contributed by atoms with Crippen molar-refractivity contribution in [1.29, 1.82) is 0 Å². The summed E-state index contributed by atoms with van der Waals surface area (Å²) in [6.45, 7) is 2.43. The highest BCUT2D eigenvalue weighted by atomic mass is 16.5. The van der Waals surface area contributed by atoms with Gasteiger partial charge < -0.3 is 14.4 Å². The first-order chi connectivity index (χ1) is 11.5. The van der Waals surface area contributed by atoms with Crippen molar-refractivity contribution in [1.82, 2.24) is 4.90 Å². The maximum atomic E-state index is 12.1. The van der Waals surface area contributed by atoms with Crippen LogP contribution in [-0.2, 0) is 16.1 Å². The Balaban J connectivity index is 2.30. The molecule has 0 saturated carbocycles. The highest BCUT2D eigenvalue weighted by Gasteiger charge is 2.17. The number of esters is 1. The van der Waals surface area contributed by atoms with E-state index in [0.717, 1.165) is 22.4 Å². The van der Waals surface area contributed by atoms with Crippen molar-refractivity contribution in [3.63, 3.8) is 0 Å². The molecular weight excluding hydrogens is 302 g/mol. The fourth-order valence-corrected chi connectivity index (χ4v) is 2.40. The molecule has 0 spiro atoms. The Labute approximate surface area is 143 Å². The zero-order chi connectivity index (χ0) is 17.5. The van der Waals surface area contributed by atoms with E-state index in [1.165, 1.54) is 7.11 Å². The van der Waals surface area contributed by atoms with Crippen LogP contribution in [0.3, 0.4) is 0 Å². The van der Waals surface area contributed by atoms with E-state index in [0.29, 0.717) is 12.2 Å². The minimum atomic E-state index is -0.369. The van der Waals surface area contributed by atoms with Gasteiger partial charge in [0.15, 0.2) is 0 Å². The molecule has 2 rings (SSSR count). The van der Waals surface area contributed by atoms with Gasteiger partial charge in [0, 0.05) is 20.3 Å². The lowest BCUT2D eigenvalue weighted by atomic mass is 10.0. The Kier molecular flexibility index (Phi) is 6.01. The van der Waals surface area contributed by atoms with E-state index in [9.17, 15) is 4.79 Å². The van der Waals surface area contributed by atoms with E-state index in [4.69, 9.17) is 9.47 Å². The van der Waals surface area contributed by atoms with Gasteiger partial charge in [-0.25, -0.2) is 4.79 Å². The second kappa shape index (κ2) is 8.20. The number of hydrogen-bond donors (Lipinski definition) is 0. The maximum Gasteiger partial charge on any atom is 0.339 e. The smallest absolute Gasteiger partial charge is 0.339 e. The first-order valence-corrected chi connectivity index (χ1v) is 7.76. The van der Waals surface area contributed by atoms with Crippen LogP contribution in [0, 0.1) is 6.92 Å². The largest absolute Gasteiger partial charge is 0.489 e. The summed E-state index contributed by atoms with van der Waals surface area (Å²) in [6.07, 6.45) is 1.76. The Bertz CT molecular complexity index is 721. The van der Waals surface area contributed by atoms with Gasteiger partial charge in [0.2, 0.25) is 0 Å². The molecule has 2 aromatic rings. The van der Waals surface area contributed by atoms with Crippen molar-refractivity contribution in [3.8, 4) is 5.75 Å². The molecular formula is C20H23NO3. The molecule has 0 fully saturated rings. The van der Waals surface area contributed by atoms with Gasteiger partial charge in [-0.05, 0) is 29.7 Å². The van der Waals surface area contributed by atoms with Crippen molar-refractivity contribution in [3.05, 3.63) is 71.4 Å². The van der Waals surface area contributed by atoms with Crippen LogP contribution in [0.15, 0.2) is 54.7 Å². The third-order valence-corrected chi connectivity index (χ3v) is 3.60. The van der Waals surface area contributed by atoms with Crippen LogP contribution in [0.4, 0.5) is 0 Å². The molecule has 2 aromatic carbocycles. The number of ether oxygens (including phenoxy) is 2. The van der Waals surface area contributed by atoms with Gasteiger partial charge in [0.1, 0.15) is 12.4 Å². The predicted molar refractivity (Wildman–Crippen MR) is 95.6 cm³/mol. The van der Waals surface area contributed by atoms with Gasteiger partial charge in [-0.3, -0.25) is 0 Å². The van der Waals surface area contributed by atoms with Gasteiger partial charge in [-0.2, -0.15) is 0 Å². The molecule has 0 atom stereocenters. The fraction of sp³-hybridized carbons (Fsp3) is 0.250. The lowest BCUT2D eigenvalue weighted by Gasteiger charge is -2.16. The molecule has 0 radical (unpaired) electrons. The van der Waals surface area contributed by atoms with Crippen LogP contribution in [0.25, 0.3) is 5.57 Å². The molecule has 0 aliphatic carbocycles. The van der Waals surface area contributed by atoms with Crippen molar-refractivity contribution >= 4 is 11.5 Å². The monoisotopic (exact) mass is 325 g/mol. The first-order valence-electron chi connectivity index (χ1n) is 7.76. The number of methoxy groups -OCH3 is 1. The van der Waals surface area contributed by atoms with Gasteiger partial charge in [0.05, 0.1) is 12.7 Å². The molecule has 4 nitrogen and oxygen atoms in total. The van der Waals surface area contributed by atoms with E-state index in [1.54, 1.807) is 6.20 Å². The van der Waals surface area contributed by atoms with Crippen LogP contribution in [-0.4, -0.2) is 32.1 Å². The summed E-state index contributed by atoms with van der Waals surface area (Å²) in [6, 6.07) is 15.7. The molecule has 4 heteroatoms. The summed E-state index contributed by atoms with van der Waals surface area (Å²) in [5.41, 5.74) is 3.32. The molecule has 0 N–H and O–H groups in total. The summed E-state index contributed by atoms with van der Waals surface area (Å²) in [5.74, 6) is 0.386. The van der Waals surface area contributed by atoms with Gasteiger partial charge in [-0.1, -0.05) is 42.5 Å². The number of rotatable bonds is 6. The molecule has 126 valence electrons. The lowest BCUT2D eigenvalue weighted by molar-refractivity contribution is -0.133. The minimum absolute atomic E-state index is 0.369. The minimum Gasteiger partial charge on any atom is -0.489 e. The van der Waals surface area contributed by atoms with E-state index < -0.39 is 0 Å².